The number of anilines is 2. The minimum atomic E-state index is -3.56. The highest BCUT2D eigenvalue weighted by atomic mass is 32.2. The van der Waals surface area contributed by atoms with Gasteiger partial charge in [0.1, 0.15) is 5.75 Å². The van der Waals surface area contributed by atoms with Crippen molar-refractivity contribution in [1.29, 1.82) is 0 Å². The molecule has 35 heavy (non-hydrogen) atoms. The summed E-state index contributed by atoms with van der Waals surface area (Å²) in [6, 6.07) is 21.2. The Morgan fingerprint density at radius 1 is 0.971 bits per heavy atom. The SMILES string of the molecule is CC(NCCc1ccc(NC(=O)Cc2ccccc2)cc1)C(O)c1ccc(O)c(NS(C)(=O)=O)c1. The van der Waals surface area contributed by atoms with Gasteiger partial charge in [0.25, 0.3) is 0 Å². The maximum absolute atomic E-state index is 12.2. The van der Waals surface area contributed by atoms with Crippen molar-refractivity contribution >= 4 is 27.3 Å². The van der Waals surface area contributed by atoms with E-state index in [4.69, 9.17) is 0 Å². The predicted molar refractivity (Wildman–Crippen MR) is 138 cm³/mol. The predicted octanol–water partition coefficient (Wildman–Crippen LogP) is 3.20. The lowest BCUT2D eigenvalue weighted by Gasteiger charge is -2.21. The van der Waals surface area contributed by atoms with Crippen LogP contribution in [0.3, 0.4) is 0 Å². The number of sulfonamides is 1. The van der Waals surface area contributed by atoms with Gasteiger partial charge in [-0.05, 0) is 60.8 Å². The standard InChI is InChI=1S/C26H31N3O5S/c1-18(26(32)21-10-13-24(30)23(17-21)29-35(2,33)34)27-15-14-19-8-11-22(12-9-19)28-25(31)16-20-6-4-3-5-7-20/h3-13,17-18,26-27,29-30,32H,14-16H2,1-2H3,(H,28,31). The number of rotatable bonds is 11. The quantitative estimate of drug-likeness (QED) is 0.259. The molecule has 5 N–H and O–H groups in total. The van der Waals surface area contributed by atoms with Crippen LogP contribution in [0.5, 0.6) is 5.75 Å². The minimum Gasteiger partial charge on any atom is -0.506 e. The fraction of sp³-hybridized carbons (Fsp3) is 0.269. The molecular formula is C26H31N3O5S. The van der Waals surface area contributed by atoms with Crippen molar-refractivity contribution < 1.29 is 23.4 Å². The molecular weight excluding hydrogens is 466 g/mol. The summed E-state index contributed by atoms with van der Waals surface area (Å²) in [5, 5.41) is 26.7. The normalized spacial score (nSPS) is 13.1. The summed E-state index contributed by atoms with van der Waals surface area (Å²) in [6.07, 6.45) is 1.12. The van der Waals surface area contributed by atoms with Gasteiger partial charge in [0.05, 0.1) is 24.5 Å². The van der Waals surface area contributed by atoms with Crippen LogP contribution in [0.25, 0.3) is 0 Å². The van der Waals surface area contributed by atoms with Gasteiger partial charge < -0.3 is 20.8 Å². The molecule has 0 aliphatic heterocycles. The van der Waals surface area contributed by atoms with Gasteiger partial charge in [-0.3, -0.25) is 9.52 Å². The lowest BCUT2D eigenvalue weighted by Crippen LogP contribution is -2.33. The Labute approximate surface area is 206 Å². The van der Waals surface area contributed by atoms with Crippen LogP contribution in [0.1, 0.15) is 29.7 Å². The van der Waals surface area contributed by atoms with E-state index in [1.807, 2.05) is 61.5 Å². The average molecular weight is 498 g/mol. The lowest BCUT2D eigenvalue weighted by atomic mass is 10.0. The van der Waals surface area contributed by atoms with Crippen molar-refractivity contribution in [2.75, 3.05) is 22.8 Å². The lowest BCUT2D eigenvalue weighted by molar-refractivity contribution is -0.115. The Hall–Kier alpha value is -3.40. The average Bonchev–Trinajstić information content (AvgIpc) is 2.81. The van der Waals surface area contributed by atoms with Gasteiger partial charge in [0.2, 0.25) is 15.9 Å². The summed E-state index contributed by atoms with van der Waals surface area (Å²) in [5.41, 5.74) is 3.26. The maximum atomic E-state index is 12.2. The topological polar surface area (TPSA) is 128 Å². The van der Waals surface area contributed by atoms with E-state index in [1.54, 1.807) is 6.07 Å². The van der Waals surface area contributed by atoms with Crippen LogP contribution in [0, 0.1) is 0 Å². The molecule has 1 amide bonds. The Balaban J connectivity index is 1.48. The first kappa shape index (κ1) is 26.2. The third kappa shape index (κ3) is 8.40. The van der Waals surface area contributed by atoms with Crippen molar-refractivity contribution in [2.45, 2.75) is 31.9 Å². The molecule has 0 aromatic heterocycles. The number of hydrogen-bond donors (Lipinski definition) is 5. The zero-order valence-corrected chi connectivity index (χ0v) is 20.5. The molecule has 0 aliphatic carbocycles. The second kappa shape index (κ2) is 11.8. The van der Waals surface area contributed by atoms with Crippen molar-refractivity contribution in [3.8, 4) is 5.75 Å². The highest BCUT2D eigenvalue weighted by Gasteiger charge is 2.18. The summed E-state index contributed by atoms with van der Waals surface area (Å²) in [5.74, 6) is -0.288. The van der Waals surface area contributed by atoms with E-state index in [-0.39, 0.29) is 23.4 Å². The number of carbonyl (C=O) groups is 1. The van der Waals surface area contributed by atoms with Crippen LogP contribution in [0.2, 0.25) is 0 Å². The maximum Gasteiger partial charge on any atom is 0.229 e. The van der Waals surface area contributed by atoms with Gasteiger partial charge in [-0.15, -0.1) is 0 Å². The van der Waals surface area contributed by atoms with Crippen LogP contribution >= 0.6 is 0 Å². The van der Waals surface area contributed by atoms with E-state index in [2.05, 4.69) is 15.4 Å². The van der Waals surface area contributed by atoms with Crippen LogP contribution in [0.15, 0.2) is 72.8 Å². The van der Waals surface area contributed by atoms with E-state index in [9.17, 15) is 23.4 Å². The molecule has 0 spiro atoms. The number of phenolic OH excluding ortho intramolecular Hbond substituents is 1. The molecule has 0 saturated carbocycles. The molecule has 3 rings (SSSR count). The third-order valence-electron chi connectivity index (χ3n) is 5.46. The van der Waals surface area contributed by atoms with E-state index in [0.717, 1.165) is 23.1 Å². The molecule has 2 unspecified atom stereocenters. The molecule has 2 atom stereocenters. The number of aliphatic hydroxyl groups excluding tert-OH is 1. The number of hydrogen-bond acceptors (Lipinski definition) is 6. The van der Waals surface area contributed by atoms with Crippen molar-refractivity contribution in [3.05, 3.63) is 89.5 Å². The molecule has 0 heterocycles. The molecule has 0 radical (unpaired) electrons. The highest BCUT2D eigenvalue weighted by Crippen LogP contribution is 2.29. The Morgan fingerprint density at radius 3 is 2.31 bits per heavy atom. The first-order chi connectivity index (χ1) is 16.6. The van der Waals surface area contributed by atoms with Crippen LogP contribution in [-0.4, -0.2) is 43.4 Å². The highest BCUT2D eigenvalue weighted by molar-refractivity contribution is 7.92. The van der Waals surface area contributed by atoms with E-state index < -0.39 is 16.1 Å². The number of benzene rings is 3. The number of phenols is 1. The molecule has 3 aromatic carbocycles. The Bertz CT molecular complexity index is 1230. The largest absolute Gasteiger partial charge is 0.506 e. The number of amides is 1. The van der Waals surface area contributed by atoms with Gasteiger partial charge in [-0.25, -0.2) is 8.42 Å². The van der Waals surface area contributed by atoms with Crippen LogP contribution in [0.4, 0.5) is 11.4 Å². The first-order valence-corrected chi connectivity index (χ1v) is 13.1. The molecule has 0 bridgehead atoms. The molecule has 0 saturated heterocycles. The minimum absolute atomic E-state index is 0.0206. The van der Waals surface area contributed by atoms with Crippen LogP contribution < -0.4 is 15.4 Å². The van der Waals surface area contributed by atoms with Gasteiger partial charge in [-0.2, -0.15) is 0 Å². The fourth-order valence-corrected chi connectivity index (χ4v) is 4.17. The fourth-order valence-electron chi connectivity index (χ4n) is 3.60. The zero-order chi connectivity index (χ0) is 25.4. The number of aliphatic hydroxyl groups is 1. The van der Waals surface area contributed by atoms with E-state index >= 15 is 0 Å². The Kier molecular flexibility index (Phi) is 8.86. The third-order valence-corrected chi connectivity index (χ3v) is 6.05. The van der Waals surface area contributed by atoms with Gasteiger partial charge >= 0.3 is 0 Å². The van der Waals surface area contributed by atoms with Crippen molar-refractivity contribution in [3.63, 3.8) is 0 Å². The summed E-state index contributed by atoms with van der Waals surface area (Å²) in [7, 11) is -3.56. The second-order valence-electron chi connectivity index (χ2n) is 8.50. The zero-order valence-electron chi connectivity index (χ0n) is 19.7. The summed E-state index contributed by atoms with van der Waals surface area (Å²) >= 11 is 0. The number of nitrogens with one attached hydrogen (secondary N) is 3. The number of carbonyl (C=O) groups excluding carboxylic acids is 1. The first-order valence-electron chi connectivity index (χ1n) is 11.3. The molecule has 8 nitrogen and oxygen atoms in total. The van der Waals surface area contributed by atoms with E-state index in [1.165, 1.54) is 12.1 Å². The van der Waals surface area contributed by atoms with Gasteiger partial charge in [0, 0.05) is 11.7 Å². The summed E-state index contributed by atoms with van der Waals surface area (Å²) in [6.45, 7) is 2.43. The van der Waals surface area contributed by atoms with Crippen molar-refractivity contribution in [1.82, 2.24) is 5.32 Å². The van der Waals surface area contributed by atoms with Gasteiger partial charge in [0.15, 0.2) is 0 Å². The molecule has 186 valence electrons. The monoisotopic (exact) mass is 497 g/mol. The number of aromatic hydroxyl groups is 1. The molecule has 0 fully saturated rings. The van der Waals surface area contributed by atoms with Crippen LogP contribution in [-0.2, 0) is 27.7 Å². The molecule has 0 aliphatic rings. The molecule has 9 heteroatoms. The second-order valence-corrected chi connectivity index (χ2v) is 10.2. The molecule has 3 aromatic rings. The Morgan fingerprint density at radius 2 is 1.66 bits per heavy atom. The summed E-state index contributed by atoms with van der Waals surface area (Å²) in [4.78, 5) is 12.2. The van der Waals surface area contributed by atoms with Gasteiger partial charge in [-0.1, -0.05) is 48.5 Å². The van der Waals surface area contributed by atoms with E-state index in [0.29, 0.717) is 24.9 Å². The smallest absolute Gasteiger partial charge is 0.229 e. The van der Waals surface area contributed by atoms with Crippen molar-refractivity contribution in [2.24, 2.45) is 0 Å². The summed E-state index contributed by atoms with van der Waals surface area (Å²) < 4.78 is 25.2.